The topological polar surface area (TPSA) is 68.2 Å². The predicted octanol–water partition coefficient (Wildman–Crippen LogP) is 0.0304. The second-order valence-electron chi connectivity index (χ2n) is 2.82. The summed E-state index contributed by atoms with van der Waals surface area (Å²) in [6.45, 7) is 0. The van der Waals surface area contributed by atoms with Gasteiger partial charge in [-0.05, 0) is 0 Å². The maximum absolute atomic E-state index is 10.7. The van der Waals surface area contributed by atoms with E-state index < -0.39 is 5.97 Å². The molecule has 1 radical (unpaired) electrons. The van der Waals surface area contributed by atoms with E-state index in [4.69, 9.17) is 17.7 Å². The van der Waals surface area contributed by atoms with Crippen molar-refractivity contribution in [1.29, 1.82) is 0 Å². The van der Waals surface area contributed by atoms with Crippen molar-refractivity contribution in [3.63, 3.8) is 0 Å². The molecule has 7 heteroatoms. The average Bonchev–Trinajstić information content (AvgIpc) is 2.45. The Balaban J connectivity index is 2.39. The highest BCUT2D eigenvalue weighted by atomic mass is 32.1. The molecule has 2 heterocycles. The van der Waals surface area contributed by atoms with Crippen molar-refractivity contribution in [1.82, 2.24) is 15.6 Å². The van der Waals surface area contributed by atoms with Crippen molar-refractivity contribution < 1.29 is 9.90 Å². The number of carbonyl (C=O) groups is 1. The molecule has 73 valence electrons. The first-order valence-corrected chi connectivity index (χ1v) is 4.20. The molecule has 2 aliphatic rings. The molecule has 14 heavy (non-hydrogen) atoms. The molecule has 0 atom stereocenters. The van der Waals surface area contributed by atoms with Gasteiger partial charge in [0.25, 0.3) is 0 Å². The summed E-state index contributed by atoms with van der Waals surface area (Å²) in [4.78, 5) is 14.6. The standard InChI is InChI=1S/C7H7N4O2S/c1-10-3-5-8-4(7(12)13)2-6(14)11(5)9-10/h2-3,9H,1H3,(H,12,13). The van der Waals surface area contributed by atoms with Gasteiger partial charge in [0.05, 0.1) is 6.20 Å². The molecule has 6 nitrogen and oxygen atoms in total. The summed E-state index contributed by atoms with van der Waals surface area (Å²) < 4.78 is 0. The second kappa shape index (κ2) is 2.96. The maximum Gasteiger partial charge on any atom is 0.354 e. The van der Waals surface area contributed by atoms with Gasteiger partial charge >= 0.3 is 5.97 Å². The van der Waals surface area contributed by atoms with Gasteiger partial charge in [-0.15, -0.1) is 5.53 Å². The van der Waals surface area contributed by atoms with Crippen LogP contribution in [-0.2, 0) is 4.79 Å². The first-order valence-electron chi connectivity index (χ1n) is 3.79. The van der Waals surface area contributed by atoms with Crippen molar-refractivity contribution in [2.75, 3.05) is 7.05 Å². The van der Waals surface area contributed by atoms with E-state index >= 15 is 0 Å². The van der Waals surface area contributed by atoms with Gasteiger partial charge in [-0.3, -0.25) is 5.01 Å². The van der Waals surface area contributed by atoms with E-state index in [-0.39, 0.29) is 5.71 Å². The van der Waals surface area contributed by atoms with Crippen LogP contribution in [0.2, 0.25) is 0 Å². The summed E-state index contributed by atoms with van der Waals surface area (Å²) in [5.74, 6) is -0.597. The number of carboxylic acid groups (broad SMARTS) is 1. The molecule has 0 bridgehead atoms. The van der Waals surface area contributed by atoms with Crippen LogP contribution in [-0.4, -0.2) is 33.9 Å². The van der Waals surface area contributed by atoms with Crippen LogP contribution < -0.4 is 5.53 Å². The summed E-state index contributed by atoms with van der Waals surface area (Å²) in [6.07, 6.45) is 2.99. The van der Waals surface area contributed by atoms with Gasteiger partial charge in [-0.2, -0.15) is 0 Å². The van der Waals surface area contributed by atoms with Crippen LogP contribution in [0.3, 0.4) is 0 Å². The Kier molecular flexibility index (Phi) is 1.90. The average molecular weight is 211 g/mol. The third kappa shape index (κ3) is 1.32. The van der Waals surface area contributed by atoms with Gasteiger partial charge in [0, 0.05) is 13.1 Å². The summed E-state index contributed by atoms with van der Waals surface area (Å²) in [6, 6.07) is 0. The van der Waals surface area contributed by atoms with Crippen LogP contribution >= 0.6 is 12.6 Å². The molecule has 2 N–H and O–H groups in total. The fourth-order valence-electron chi connectivity index (χ4n) is 1.16. The lowest BCUT2D eigenvalue weighted by atomic mass is 10.3. The van der Waals surface area contributed by atoms with Crippen LogP contribution in [0.5, 0.6) is 0 Å². The highest BCUT2D eigenvalue weighted by Crippen LogP contribution is 2.23. The molecule has 0 aromatic carbocycles. The fourth-order valence-corrected chi connectivity index (χ4v) is 1.40. The number of nitrogens with one attached hydrogen (secondary N) is 1. The molecule has 0 saturated carbocycles. The van der Waals surface area contributed by atoms with Gasteiger partial charge in [0.15, 0.2) is 11.5 Å². The third-order valence-electron chi connectivity index (χ3n) is 1.73. The Hall–Kier alpha value is -1.60. The lowest BCUT2D eigenvalue weighted by Crippen LogP contribution is -2.38. The zero-order valence-electron chi connectivity index (χ0n) is 7.26. The van der Waals surface area contributed by atoms with Gasteiger partial charge in [0.1, 0.15) is 5.03 Å². The number of hydrogen-bond donors (Lipinski definition) is 2. The Morgan fingerprint density at radius 1 is 1.71 bits per heavy atom. The number of hydrogen-bond acceptors (Lipinski definition) is 5. The van der Waals surface area contributed by atoms with Crippen molar-refractivity contribution in [3.8, 4) is 0 Å². The molecule has 0 aromatic heterocycles. The van der Waals surface area contributed by atoms with E-state index in [2.05, 4.69) is 10.5 Å². The number of aliphatic imine (C=N–C) groups is 1. The van der Waals surface area contributed by atoms with E-state index in [1.807, 2.05) is 0 Å². The first kappa shape index (κ1) is 8.97. The molecule has 0 fully saturated rings. The lowest BCUT2D eigenvalue weighted by Gasteiger charge is -2.22. The van der Waals surface area contributed by atoms with Crippen molar-refractivity contribution in [3.05, 3.63) is 23.1 Å². The Morgan fingerprint density at radius 2 is 2.43 bits per heavy atom. The third-order valence-corrected chi connectivity index (χ3v) is 2.03. The minimum absolute atomic E-state index is 0.0467. The first-order chi connectivity index (χ1) is 6.58. The molecule has 0 unspecified atom stereocenters. The van der Waals surface area contributed by atoms with Crippen molar-refractivity contribution in [2.24, 2.45) is 4.99 Å². The van der Waals surface area contributed by atoms with Gasteiger partial charge in [0.2, 0.25) is 0 Å². The van der Waals surface area contributed by atoms with Crippen LogP contribution in [0.1, 0.15) is 0 Å². The number of nitrogens with zero attached hydrogens (tertiary/aromatic N) is 3. The largest absolute Gasteiger partial charge is 0.477 e. The van der Waals surface area contributed by atoms with E-state index in [1.54, 1.807) is 18.3 Å². The van der Waals surface area contributed by atoms with E-state index in [0.717, 1.165) is 0 Å². The van der Waals surface area contributed by atoms with Gasteiger partial charge in [-0.25, -0.2) is 14.8 Å². The zero-order chi connectivity index (χ0) is 10.3. The minimum atomic E-state index is -1.08. The zero-order valence-corrected chi connectivity index (χ0v) is 8.08. The molecular formula is C7H7N4O2S. The summed E-state index contributed by atoms with van der Waals surface area (Å²) in [7, 11) is 1.77. The van der Waals surface area contributed by atoms with Crippen LogP contribution in [0.4, 0.5) is 0 Å². The Bertz CT molecular complexity index is 387. The SMILES string of the molecule is CN1C=C2N=C(C(=O)O)C=C([S])N2N1. The molecular weight excluding hydrogens is 204 g/mol. The van der Waals surface area contributed by atoms with E-state index in [1.165, 1.54) is 11.1 Å². The van der Waals surface area contributed by atoms with Gasteiger partial charge < -0.3 is 5.11 Å². The second-order valence-corrected chi connectivity index (χ2v) is 3.24. The number of fused-ring (bicyclic) bond motifs is 1. The van der Waals surface area contributed by atoms with Crippen molar-refractivity contribution >= 4 is 24.3 Å². The fraction of sp³-hybridized carbons (Fsp3) is 0.143. The quantitative estimate of drug-likeness (QED) is 0.640. The molecule has 0 aliphatic carbocycles. The summed E-state index contributed by atoms with van der Waals surface area (Å²) in [5.41, 5.74) is 2.82. The maximum atomic E-state index is 10.7. The predicted molar refractivity (Wildman–Crippen MR) is 51.6 cm³/mol. The molecule has 0 saturated heterocycles. The van der Waals surface area contributed by atoms with Crippen molar-refractivity contribution in [2.45, 2.75) is 0 Å². The van der Waals surface area contributed by atoms with E-state index in [9.17, 15) is 4.79 Å². The normalized spacial score (nSPS) is 19.9. The molecule has 0 amide bonds. The number of rotatable bonds is 1. The highest BCUT2D eigenvalue weighted by Gasteiger charge is 2.26. The van der Waals surface area contributed by atoms with Gasteiger partial charge in [-0.1, -0.05) is 12.6 Å². The highest BCUT2D eigenvalue weighted by molar-refractivity contribution is 7.84. The molecule has 0 aromatic rings. The molecule has 0 spiro atoms. The lowest BCUT2D eigenvalue weighted by molar-refractivity contribution is -0.129. The van der Waals surface area contributed by atoms with Crippen LogP contribution in [0.15, 0.2) is 28.1 Å². The number of hydrazine groups is 2. The Labute approximate surface area is 85.6 Å². The summed E-state index contributed by atoms with van der Waals surface area (Å²) >= 11 is 4.99. The summed E-state index contributed by atoms with van der Waals surface area (Å²) in [5, 5.41) is 12.3. The monoisotopic (exact) mass is 211 g/mol. The molecule has 2 rings (SSSR count). The number of aliphatic carboxylic acids is 1. The smallest absolute Gasteiger partial charge is 0.354 e. The molecule has 2 aliphatic heterocycles. The number of carboxylic acids is 1. The van der Waals surface area contributed by atoms with Crippen LogP contribution in [0, 0.1) is 0 Å². The minimum Gasteiger partial charge on any atom is -0.477 e. The van der Waals surface area contributed by atoms with Crippen LogP contribution in [0.25, 0.3) is 0 Å². The Morgan fingerprint density at radius 3 is 3.07 bits per heavy atom. The van der Waals surface area contributed by atoms with E-state index in [0.29, 0.717) is 10.9 Å².